The summed E-state index contributed by atoms with van der Waals surface area (Å²) in [5, 5.41) is 14.8. The van der Waals surface area contributed by atoms with Crippen LogP contribution in [-0.4, -0.2) is 42.7 Å². The molecule has 2 heterocycles. The van der Waals surface area contributed by atoms with Gasteiger partial charge >= 0.3 is 0 Å². The Morgan fingerprint density at radius 1 is 1.26 bits per heavy atom. The minimum Gasteiger partial charge on any atom is -0.484 e. The third kappa shape index (κ3) is 7.24. The SMILES string of the molecule is N#C/C(=C\c1ccc(OCC(=O)NC[C@@H]2CCCO2)cc1)C(=O)NCc1cccnc1. The van der Waals surface area contributed by atoms with Gasteiger partial charge in [0.05, 0.1) is 6.10 Å². The van der Waals surface area contributed by atoms with E-state index in [0.717, 1.165) is 25.0 Å². The highest BCUT2D eigenvalue weighted by molar-refractivity contribution is 6.01. The van der Waals surface area contributed by atoms with Crippen LogP contribution in [0, 0.1) is 11.3 Å². The molecule has 2 amide bonds. The first-order chi connectivity index (χ1) is 15.1. The number of hydrogen-bond acceptors (Lipinski definition) is 6. The summed E-state index contributed by atoms with van der Waals surface area (Å²) in [5.41, 5.74) is 1.50. The number of nitriles is 1. The number of carbonyl (C=O) groups is 2. The van der Waals surface area contributed by atoms with Crippen LogP contribution in [0.3, 0.4) is 0 Å². The molecule has 0 spiro atoms. The van der Waals surface area contributed by atoms with Crippen molar-refractivity contribution in [2.24, 2.45) is 0 Å². The van der Waals surface area contributed by atoms with Crippen LogP contribution in [-0.2, 0) is 20.9 Å². The van der Waals surface area contributed by atoms with E-state index in [0.29, 0.717) is 17.9 Å². The van der Waals surface area contributed by atoms with E-state index in [2.05, 4.69) is 15.6 Å². The second kappa shape index (κ2) is 11.5. The van der Waals surface area contributed by atoms with Crippen molar-refractivity contribution in [2.45, 2.75) is 25.5 Å². The first-order valence-electron chi connectivity index (χ1n) is 10.0. The molecule has 1 aromatic carbocycles. The summed E-state index contributed by atoms with van der Waals surface area (Å²) in [4.78, 5) is 28.1. The van der Waals surface area contributed by atoms with Crippen molar-refractivity contribution in [1.82, 2.24) is 15.6 Å². The van der Waals surface area contributed by atoms with Gasteiger partial charge in [0.2, 0.25) is 0 Å². The molecular formula is C23H24N4O4. The van der Waals surface area contributed by atoms with Crippen LogP contribution in [0.1, 0.15) is 24.0 Å². The van der Waals surface area contributed by atoms with Crippen LogP contribution >= 0.6 is 0 Å². The molecule has 0 bridgehead atoms. The molecule has 1 aliphatic heterocycles. The zero-order valence-corrected chi connectivity index (χ0v) is 17.0. The third-order valence-electron chi connectivity index (χ3n) is 4.65. The van der Waals surface area contributed by atoms with E-state index < -0.39 is 5.91 Å². The molecule has 0 radical (unpaired) electrons. The first kappa shape index (κ1) is 22.0. The van der Waals surface area contributed by atoms with E-state index in [1.807, 2.05) is 12.1 Å². The summed E-state index contributed by atoms with van der Waals surface area (Å²) >= 11 is 0. The van der Waals surface area contributed by atoms with Crippen molar-refractivity contribution in [3.8, 4) is 11.8 Å². The summed E-state index contributed by atoms with van der Waals surface area (Å²) in [6.07, 6.45) is 6.87. The third-order valence-corrected chi connectivity index (χ3v) is 4.65. The standard InChI is InChI=1S/C23H24N4O4/c24-12-19(23(29)27-14-18-3-1-9-25-13-18)11-17-5-7-20(8-6-17)31-16-22(28)26-15-21-4-2-10-30-21/h1,3,5-9,11,13,21H,2,4,10,14-16H2,(H,26,28)(H,27,29)/b19-11+/t21-/m0/s1. The molecule has 3 rings (SSSR count). The summed E-state index contributed by atoms with van der Waals surface area (Å²) in [5.74, 6) is -0.157. The highest BCUT2D eigenvalue weighted by Gasteiger charge is 2.16. The molecule has 1 aliphatic rings. The summed E-state index contributed by atoms with van der Waals surface area (Å²) in [7, 11) is 0. The van der Waals surface area contributed by atoms with Crippen LogP contribution in [0.5, 0.6) is 5.75 Å². The van der Waals surface area contributed by atoms with Gasteiger partial charge < -0.3 is 20.1 Å². The molecule has 8 nitrogen and oxygen atoms in total. The second-order valence-corrected chi connectivity index (χ2v) is 7.01. The molecule has 1 atom stereocenters. The van der Waals surface area contributed by atoms with Crippen molar-refractivity contribution < 1.29 is 19.1 Å². The minimum absolute atomic E-state index is 0.00827. The molecule has 0 unspecified atom stereocenters. The lowest BCUT2D eigenvalue weighted by Crippen LogP contribution is -2.35. The van der Waals surface area contributed by atoms with Crippen LogP contribution in [0.25, 0.3) is 6.08 Å². The fraction of sp³-hybridized carbons (Fsp3) is 0.304. The predicted octanol–water partition coefficient (Wildman–Crippen LogP) is 1.98. The lowest BCUT2D eigenvalue weighted by molar-refractivity contribution is -0.123. The highest BCUT2D eigenvalue weighted by atomic mass is 16.5. The number of nitrogens with one attached hydrogen (secondary N) is 2. The molecule has 31 heavy (non-hydrogen) atoms. The Morgan fingerprint density at radius 2 is 2.10 bits per heavy atom. The van der Waals surface area contributed by atoms with Gasteiger partial charge in [-0.1, -0.05) is 18.2 Å². The highest BCUT2D eigenvalue weighted by Crippen LogP contribution is 2.15. The molecule has 0 saturated carbocycles. The average Bonchev–Trinajstić information content (AvgIpc) is 3.33. The molecule has 1 fully saturated rings. The number of nitrogens with zero attached hydrogens (tertiary/aromatic N) is 2. The predicted molar refractivity (Wildman–Crippen MR) is 114 cm³/mol. The molecule has 2 N–H and O–H groups in total. The largest absolute Gasteiger partial charge is 0.484 e. The Hall–Kier alpha value is -3.70. The van der Waals surface area contributed by atoms with Crippen molar-refractivity contribution >= 4 is 17.9 Å². The Kier molecular flexibility index (Phi) is 8.14. The van der Waals surface area contributed by atoms with Crippen molar-refractivity contribution in [1.29, 1.82) is 5.26 Å². The topological polar surface area (TPSA) is 113 Å². The van der Waals surface area contributed by atoms with Crippen LogP contribution in [0.4, 0.5) is 0 Å². The van der Waals surface area contributed by atoms with Gasteiger partial charge in [0, 0.05) is 32.1 Å². The van der Waals surface area contributed by atoms with Gasteiger partial charge in [-0.2, -0.15) is 5.26 Å². The number of rotatable bonds is 9. The number of amides is 2. The minimum atomic E-state index is -0.463. The molecule has 0 aliphatic carbocycles. The number of hydrogen-bond donors (Lipinski definition) is 2. The molecular weight excluding hydrogens is 396 g/mol. The second-order valence-electron chi connectivity index (χ2n) is 7.01. The lowest BCUT2D eigenvalue weighted by Gasteiger charge is -2.11. The Labute approximate surface area is 180 Å². The van der Waals surface area contributed by atoms with Crippen molar-refractivity contribution in [3.63, 3.8) is 0 Å². The first-order valence-corrected chi connectivity index (χ1v) is 10.0. The van der Waals surface area contributed by atoms with E-state index in [-0.39, 0.29) is 30.7 Å². The van der Waals surface area contributed by atoms with Gasteiger partial charge in [0.25, 0.3) is 11.8 Å². The van der Waals surface area contributed by atoms with Crippen LogP contribution in [0.15, 0.2) is 54.4 Å². The number of benzene rings is 1. The Morgan fingerprint density at radius 3 is 2.77 bits per heavy atom. The van der Waals surface area contributed by atoms with Crippen molar-refractivity contribution in [2.75, 3.05) is 19.8 Å². The Bertz CT molecular complexity index is 946. The zero-order valence-electron chi connectivity index (χ0n) is 17.0. The van der Waals surface area contributed by atoms with Gasteiger partial charge in [-0.3, -0.25) is 14.6 Å². The van der Waals surface area contributed by atoms with Gasteiger partial charge in [0.15, 0.2) is 6.61 Å². The fourth-order valence-corrected chi connectivity index (χ4v) is 2.99. The summed E-state index contributed by atoms with van der Waals surface area (Å²) in [6.45, 7) is 1.43. The maximum Gasteiger partial charge on any atom is 0.262 e. The normalized spacial score (nSPS) is 15.7. The fourth-order valence-electron chi connectivity index (χ4n) is 2.99. The molecule has 160 valence electrons. The quantitative estimate of drug-likeness (QED) is 0.474. The molecule has 1 aromatic heterocycles. The Balaban J connectivity index is 1.47. The smallest absolute Gasteiger partial charge is 0.262 e. The van der Waals surface area contributed by atoms with Crippen LogP contribution in [0.2, 0.25) is 0 Å². The monoisotopic (exact) mass is 420 g/mol. The van der Waals surface area contributed by atoms with E-state index in [1.165, 1.54) is 6.08 Å². The van der Waals surface area contributed by atoms with E-state index >= 15 is 0 Å². The maximum absolute atomic E-state index is 12.3. The van der Waals surface area contributed by atoms with Gasteiger partial charge in [-0.05, 0) is 48.2 Å². The summed E-state index contributed by atoms with van der Waals surface area (Å²) in [6, 6.07) is 12.3. The van der Waals surface area contributed by atoms with E-state index in [1.54, 1.807) is 42.7 Å². The van der Waals surface area contributed by atoms with Crippen molar-refractivity contribution in [3.05, 3.63) is 65.5 Å². The van der Waals surface area contributed by atoms with E-state index in [9.17, 15) is 14.9 Å². The average molecular weight is 420 g/mol. The van der Waals surface area contributed by atoms with Crippen LogP contribution < -0.4 is 15.4 Å². The number of pyridine rings is 1. The van der Waals surface area contributed by atoms with Gasteiger partial charge in [0.1, 0.15) is 17.4 Å². The van der Waals surface area contributed by atoms with E-state index in [4.69, 9.17) is 9.47 Å². The molecule has 1 saturated heterocycles. The maximum atomic E-state index is 12.3. The number of ether oxygens (including phenoxy) is 2. The molecule has 8 heteroatoms. The zero-order chi connectivity index (χ0) is 21.9. The number of carbonyl (C=O) groups excluding carboxylic acids is 2. The van der Waals surface area contributed by atoms with Gasteiger partial charge in [-0.25, -0.2) is 0 Å². The summed E-state index contributed by atoms with van der Waals surface area (Å²) < 4.78 is 10.9. The number of aromatic nitrogens is 1. The lowest BCUT2D eigenvalue weighted by atomic mass is 10.1. The van der Waals surface area contributed by atoms with Gasteiger partial charge in [-0.15, -0.1) is 0 Å². The molecule has 2 aromatic rings.